The maximum Gasteiger partial charge on any atom is 0.402 e. The first-order valence-corrected chi connectivity index (χ1v) is 8.81. The van der Waals surface area contributed by atoms with E-state index < -0.39 is 22.7 Å². The number of thiophene rings is 1. The molecule has 20 heavy (non-hydrogen) atoms. The third-order valence-corrected chi connectivity index (χ3v) is 6.00. The van der Waals surface area contributed by atoms with Crippen LogP contribution in [0.15, 0.2) is 14.7 Å². The Labute approximate surface area is 129 Å². The van der Waals surface area contributed by atoms with Gasteiger partial charge in [0.25, 0.3) is 0 Å². The molecule has 0 aliphatic rings. The molecular weight excluding hydrogens is 379 g/mol. The van der Waals surface area contributed by atoms with Crippen molar-refractivity contribution in [2.45, 2.75) is 31.8 Å². The molecular formula is C11H15BrF3NO2S2. The van der Waals surface area contributed by atoms with Crippen LogP contribution >= 0.6 is 27.3 Å². The van der Waals surface area contributed by atoms with Crippen molar-refractivity contribution in [2.75, 3.05) is 13.1 Å². The molecule has 0 saturated heterocycles. The predicted molar refractivity (Wildman–Crippen MR) is 76.4 cm³/mol. The van der Waals surface area contributed by atoms with Crippen molar-refractivity contribution in [3.05, 3.63) is 14.7 Å². The molecule has 0 aliphatic carbocycles. The van der Waals surface area contributed by atoms with Crippen LogP contribution in [0, 0.1) is 12.8 Å². The maximum atomic E-state index is 12.6. The normalized spacial score (nSPS) is 13.4. The monoisotopic (exact) mass is 393 g/mol. The van der Waals surface area contributed by atoms with Crippen molar-refractivity contribution in [1.29, 1.82) is 0 Å². The number of hydrogen-bond acceptors (Lipinski definition) is 3. The SMILES string of the molecule is Cc1sc(Br)cc1S(=O)(=O)N(CC(C)C)CC(F)(F)F. The number of halogens is 4. The van der Waals surface area contributed by atoms with Crippen molar-refractivity contribution < 1.29 is 21.6 Å². The molecule has 1 aromatic rings. The minimum Gasteiger partial charge on any atom is -0.207 e. The Hall–Kier alpha value is -0.120. The Morgan fingerprint density at radius 1 is 1.40 bits per heavy atom. The van der Waals surface area contributed by atoms with Crippen LogP contribution in [0.25, 0.3) is 0 Å². The molecule has 0 bridgehead atoms. The Morgan fingerprint density at radius 2 is 1.95 bits per heavy atom. The summed E-state index contributed by atoms with van der Waals surface area (Å²) in [6.45, 7) is 3.28. The zero-order valence-electron chi connectivity index (χ0n) is 11.2. The smallest absolute Gasteiger partial charge is 0.207 e. The molecule has 0 amide bonds. The largest absolute Gasteiger partial charge is 0.402 e. The number of alkyl halides is 3. The third kappa shape index (κ3) is 4.71. The van der Waals surface area contributed by atoms with Gasteiger partial charge in [0.15, 0.2) is 0 Å². The Kier molecular flexibility index (Phi) is 5.67. The summed E-state index contributed by atoms with van der Waals surface area (Å²) in [5, 5.41) is 0. The van der Waals surface area contributed by atoms with Gasteiger partial charge in [0, 0.05) is 11.4 Å². The highest BCUT2D eigenvalue weighted by Gasteiger charge is 2.38. The lowest BCUT2D eigenvalue weighted by atomic mass is 10.2. The highest BCUT2D eigenvalue weighted by atomic mass is 79.9. The minimum atomic E-state index is -4.57. The molecule has 1 rings (SSSR count). The van der Waals surface area contributed by atoms with Gasteiger partial charge >= 0.3 is 6.18 Å². The Bertz CT molecular complexity index is 567. The lowest BCUT2D eigenvalue weighted by Crippen LogP contribution is -2.41. The summed E-state index contributed by atoms with van der Waals surface area (Å²) in [6, 6.07) is 1.35. The van der Waals surface area contributed by atoms with Crippen LogP contribution in [0.4, 0.5) is 13.2 Å². The first-order chi connectivity index (χ1) is 8.93. The molecule has 0 unspecified atom stereocenters. The van der Waals surface area contributed by atoms with E-state index in [4.69, 9.17) is 0 Å². The summed E-state index contributed by atoms with van der Waals surface area (Å²) >= 11 is 4.33. The molecule has 0 atom stereocenters. The van der Waals surface area contributed by atoms with Crippen molar-refractivity contribution in [3.8, 4) is 0 Å². The molecule has 0 fully saturated rings. The zero-order chi connectivity index (χ0) is 15.7. The van der Waals surface area contributed by atoms with Crippen LogP contribution in [0.3, 0.4) is 0 Å². The fraction of sp³-hybridized carbons (Fsp3) is 0.636. The van der Waals surface area contributed by atoms with E-state index in [1.165, 1.54) is 17.4 Å². The maximum absolute atomic E-state index is 12.6. The van der Waals surface area contributed by atoms with Crippen LogP contribution in [0.1, 0.15) is 18.7 Å². The van der Waals surface area contributed by atoms with Gasteiger partial charge in [-0.2, -0.15) is 17.5 Å². The van der Waals surface area contributed by atoms with Gasteiger partial charge in [0.05, 0.1) is 8.68 Å². The molecule has 0 spiro atoms. The van der Waals surface area contributed by atoms with Gasteiger partial charge in [-0.15, -0.1) is 11.3 Å². The molecule has 116 valence electrons. The highest BCUT2D eigenvalue weighted by molar-refractivity contribution is 9.11. The third-order valence-electron chi connectivity index (χ3n) is 2.38. The second-order valence-corrected chi connectivity index (χ2v) is 9.32. The van der Waals surface area contributed by atoms with E-state index in [2.05, 4.69) is 15.9 Å². The molecule has 0 aromatic carbocycles. The van der Waals surface area contributed by atoms with Crippen LogP contribution in [-0.4, -0.2) is 32.0 Å². The first-order valence-electron chi connectivity index (χ1n) is 5.76. The Morgan fingerprint density at radius 3 is 2.30 bits per heavy atom. The first kappa shape index (κ1) is 17.9. The molecule has 0 radical (unpaired) electrons. The number of hydrogen-bond donors (Lipinski definition) is 0. The van der Waals surface area contributed by atoms with Crippen molar-refractivity contribution in [3.63, 3.8) is 0 Å². The van der Waals surface area contributed by atoms with Gasteiger partial charge in [0.2, 0.25) is 10.0 Å². The zero-order valence-corrected chi connectivity index (χ0v) is 14.4. The van der Waals surface area contributed by atoms with Crippen molar-refractivity contribution in [2.24, 2.45) is 5.92 Å². The predicted octanol–water partition coefficient (Wildman–Crippen LogP) is 4.03. The van der Waals surface area contributed by atoms with E-state index in [9.17, 15) is 21.6 Å². The quantitative estimate of drug-likeness (QED) is 0.757. The fourth-order valence-electron chi connectivity index (χ4n) is 1.68. The highest BCUT2D eigenvalue weighted by Crippen LogP contribution is 2.33. The van der Waals surface area contributed by atoms with Gasteiger partial charge < -0.3 is 0 Å². The standard InChI is InChI=1S/C11H15BrF3NO2S2/c1-7(2)5-16(6-11(13,14)15)20(17,18)9-4-10(12)19-8(9)3/h4,7H,5-6H2,1-3H3. The molecule has 1 heterocycles. The van der Waals surface area contributed by atoms with E-state index in [0.717, 1.165) is 0 Å². The van der Waals surface area contributed by atoms with Gasteiger partial charge in [0.1, 0.15) is 6.54 Å². The molecule has 9 heteroatoms. The van der Waals surface area contributed by atoms with Gasteiger partial charge in [-0.1, -0.05) is 13.8 Å². The molecule has 1 aromatic heterocycles. The molecule has 0 aliphatic heterocycles. The van der Waals surface area contributed by atoms with E-state index in [1.54, 1.807) is 20.8 Å². The molecule has 0 N–H and O–H groups in total. The van der Waals surface area contributed by atoms with Crippen LogP contribution in [-0.2, 0) is 10.0 Å². The van der Waals surface area contributed by atoms with Crippen molar-refractivity contribution in [1.82, 2.24) is 4.31 Å². The molecule has 0 saturated carbocycles. The van der Waals surface area contributed by atoms with E-state index in [1.807, 2.05) is 0 Å². The second kappa shape index (κ2) is 6.33. The summed E-state index contributed by atoms with van der Waals surface area (Å²) in [5.41, 5.74) is 0. The van der Waals surface area contributed by atoms with Gasteiger partial charge in [-0.3, -0.25) is 0 Å². The number of nitrogens with zero attached hydrogens (tertiary/aromatic N) is 1. The van der Waals surface area contributed by atoms with Crippen molar-refractivity contribution >= 4 is 37.3 Å². The topological polar surface area (TPSA) is 37.4 Å². The summed E-state index contributed by atoms with van der Waals surface area (Å²) in [7, 11) is -4.15. The summed E-state index contributed by atoms with van der Waals surface area (Å²) < 4.78 is 63.6. The van der Waals surface area contributed by atoms with Gasteiger partial charge in [-0.05, 0) is 34.8 Å². The van der Waals surface area contributed by atoms with E-state index in [-0.39, 0.29) is 17.4 Å². The lowest BCUT2D eigenvalue weighted by Gasteiger charge is -2.24. The fourth-order valence-corrected chi connectivity index (χ4v) is 5.65. The number of sulfonamides is 1. The number of rotatable bonds is 5. The average Bonchev–Trinajstić information content (AvgIpc) is 2.54. The van der Waals surface area contributed by atoms with Crippen LogP contribution in [0.2, 0.25) is 0 Å². The summed E-state index contributed by atoms with van der Waals surface area (Å²) in [5.74, 6) is -0.200. The summed E-state index contributed by atoms with van der Waals surface area (Å²) in [4.78, 5) is 0.395. The summed E-state index contributed by atoms with van der Waals surface area (Å²) in [6.07, 6.45) is -4.57. The van der Waals surface area contributed by atoms with E-state index >= 15 is 0 Å². The Balaban J connectivity index is 3.20. The molecule has 3 nitrogen and oxygen atoms in total. The second-order valence-electron chi connectivity index (χ2n) is 4.78. The minimum absolute atomic E-state index is 0.0701. The van der Waals surface area contributed by atoms with Crippen LogP contribution in [0.5, 0.6) is 0 Å². The number of aryl methyl sites for hydroxylation is 1. The average molecular weight is 394 g/mol. The van der Waals surface area contributed by atoms with E-state index in [0.29, 0.717) is 13.0 Å². The van der Waals surface area contributed by atoms with Crippen LogP contribution < -0.4 is 0 Å². The lowest BCUT2D eigenvalue weighted by molar-refractivity contribution is -0.136. The van der Waals surface area contributed by atoms with Gasteiger partial charge in [-0.25, -0.2) is 8.42 Å².